The zero-order chi connectivity index (χ0) is 18.0. The average molecular weight is 336 g/mol. The number of carboxylic acids is 1. The van der Waals surface area contributed by atoms with Crippen LogP contribution in [0.2, 0.25) is 0 Å². The van der Waals surface area contributed by atoms with Gasteiger partial charge in [0, 0.05) is 11.5 Å². The lowest BCUT2D eigenvalue weighted by Crippen LogP contribution is -2.53. The third-order valence-corrected chi connectivity index (χ3v) is 6.98. The second kappa shape index (κ2) is 7.40. The molecule has 1 fully saturated rings. The molecule has 0 aromatic carbocycles. The van der Waals surface area contributed by atoms with E-state index in [1.54, 1.807) is 0 Å². The van der Waals surface area contributed by atoms with Gasteiger partial charge in [-0.25, -0.2) is 4.79 Å². The molecule has 4 atom stereocenters. The molecule has 0 aromatic rings. The minimum absolute atomic E-state index is 0.0272. The second-order valence-corrected chi connectivity index (χ2v) is 8.11. The maximum absolute atomic E-state index is 10.9. The van der Waals surface area contributed by atoms with Crippen LogP contribution in [0.4, 0.5) is 0 Å². The highest BCUT2D eigenvalue weighted by molar-refractivity contribution is 5.80. The van der Waals surface area contributed by atoms with Crippen molar-refractivity contribution in [3.63, 3.8) is 0 Å². The summed E-state index contributed by atoms with van der Waals surface area (Å²) < 4.78 is 0. The zero-order valence-corrected chi connectivity index (χ0v) is 15.2. The molecule has 0 bridgehead atoms. The summed E-state index contributed by atoms with van der Waals surface area (Å²) in [7, 11) is 0. The predicted molar refractivity (Wildman–Crippen MR) is 94.5 cm³/mol. The van der Waals surface area contributed by atoms with Crippen LogP contribution < -0.4 is 0 Å². The summed E-state index contributed by atoms with van der Waals surface area (Å²) in [6.07, 6.45) is 9.07. The van der Waals surface area contributed by atoms with E-state index in [0.29, 0.717) is 11.8 Å². The highest BCUT2D eigenvalue weighted by Gasteiger charge is 2.55. The highest BCUT2D eigenvalue weighted by atomic mass is 16.4. The first-order valence-corrected chi connectivity index (χ1v) is 9.11. The molecule has 1 saturated carbocycles. The standard InChI is InChI=1S/C20H32O4/c1-14(11-18(23)24)7-9-19(3)15(2)8-10-20(13-22)16(12-21)5-4-6-17(19)20/h5,11,15,17,21-22H,4,6-10,12-13H2,1-3H3,(H,23,24). The molecule has 136 valence electrons. The van der Waals surface area contributed by atoms with Gasteiger partial charge in [-0.15, -0.1) is 0 Å². The van der Waals surface area contributed by atoms with Gasteiger partial charge in [0.2, 0.25) is 0 Å². The minimum Gasteiger partial charge on any atom is -0.478 e. The summed E-state index contributed by atoms with van der Waals surface area (Å²) in [6.45, 7) is 6.59. The Morgan fingerprint density at radius 1 is 1.38 bits per heavy atom. The SMILES string of the molecule is CC(=CC(=O)O)CCC1(C)C(C)CCC2(CO)C(CO)=CCCC21. The summed E-state index contributed by atoms with van der Waals surface area (Å²) >= 11 is 0. The summed E-state index contributed by atoms with van der Waals surface area (Å²) in [5, 5.41) is 29.0. The van der Waals surface area contributed by atoms with Crippen molar-refractivity contribution in [1.29, 1.82) is 0 Å². The first kappa shape index (κ1) is 19.2. The molecule has 4 nitrogen and oxygen atoms in total. The fraction of sp³-hybridized carbons (Fsp3) is 0.750. The van der Waals surface area contributed by atoms with E-state index >= 15 is 0 Å². The first-order valence-electron chi connectivity index (χ1n) is 9.11. The van der Waals surface area contributed by atoms with Crippen molar-refractivity contribution in [2.45, 2.75) is 59.3 Å². The molecule has 4 unspecified atom stereocenters. The number of fused-ring (bicyclic) bond motifs is 1. The van der Waals surface area contributed by atoms with Gasteiger partial charge in [0.05, 0.1) is 13.2 Å². The van der Waals surface area contributed by atoms with E-state index in [4.69, 9.17) is 5.11 Å². The molecule has 2 aliphatic rings. The summed E-state index contributed by atoms with van der Waals surface area (Å²) in [6, 6.07) is 0. The number of rotatable bonds is 6. The Morgan fingerprint density at radius 3 is 2.67 bits per heavy atom. The molecule has 0 amide bonds. The normalized spacial score (nSPS) is 36.9. The molecule has 2 aliphatic carbocycles. The van der Waals surface area contributed by atoms with Gasteiger partial charge in [0.25, 0.3) is 0 Å². The molecule has 0 saturated heterocycles. The van der Waals surface area contributed by atoms with Gasteiger partial charge in [-0.1, -0.05) is 25.5 Å². The third kappa shape index (κ3) is 3.31. The van der Waals surface area contributed by atoms with E-state index in [-0.39, 0.29) is 24.0 Å². The van der Waals surface area contributed by atoms with Crippen molar-refractivity contribution < 1.29 is 20.1 Å². The molecule has 0 heterocycles. The topological polar surface area (TPSA) is 77.8 Å². The van der Waals surface area contributed by atoms with Gasteiger partial charge in [-0.2, -0.15) is 0 Å². The summed E-state index contributed by atoms with van der Waals surface area (Å²) in [5.74, 6) is -0.0245. The van der Waals surface area contributed by atoms with Crippen LogP contribution in [-0.4, -0.2) is 34.5 Å². The van der Waals surface area contributed by atoms with Gasteiger partial charge < -0.3 is 15.3 Å². The Bertz CT molecular complexity index is 536. The molecule has 0 aromatic heterocycles. The number of aliphatic hydroxyl groups is 2. The maximum atomic E-state index is 10.9. The van der Waals surface area contributed by atoms with E-state index in [9.17, 15) is 15.0 Å². The number of hydrogen-bond donors (Lipinski definition) is 3. The first-order chi connectivity index (χ1) is 11.3. The molecular formula is C20H32O4. The third-order valence-electron chi connectivity index (χ3n) is 6.98. The molecule has 2 rings (SSSR count). The van der Waals surface area contributed by atoms with Crippen molar-refractivity contribution in [3.05, 3.63) is 23.3 Å². The Labute approximate surface area is 145 Å². The average Bonchev–Trinajstić information content (AvgIpc) is 2.55. The quantitative estimate of drug-likeness (QED) is 0.512. The van der Waals surface area contributed by atoms with Gasteiger partial charge >= 0.3 is 5.97 Å². The zero-order valence-electron chi connectivity index (χ0n) is 15.2. The molecular weight excluding hydrogens is 304 g/mol. The Hall–Kier alpha value is -1.13. The maximum Gasteiger partial charge on any atom is 0.328 e. The lowest BCUT2D eigenvalue weighted by Gasteiger charge is -2.59. The van der Waals surface area contributed by atoms with Crippen LogP contribution in [0.5, 0.6) is 0 Å². The van der Waals surface area contributed by atoms with Crippen molar-refractivity contribution in [2.75, 3.05) is 13.2 Å². The minimum atomic E-state index is -0.887. The Kier molecular flexibility index (Phi) is 5.92. The van der Waals surface area contributed by atoms with Gasteiger partial charge in [-0.3, -0.25) is 0 Å². The van der Waals surface area contributed by atoms with Crippen LogP contribution in [-0.2, 0) is 4.79 Å². The Morgan fingerprint density at radius 2 is 2.08 bits per heavy atom. The van der Waals surface area contributed by atoms with Crippen molar-refractivity contribution in [3.8, 4) is 0 Å². The van der Waals surface area contributed by atoms with Gasteiger partial charge in [-0.05, 0) is 68.3 Å². The predicted octanol–water partition coefficient (Wildman–Crippen LogP) is 3.54. The molecule has 0 radical (unpaired) electrons. The fourth-order valence-corrected chi connectivity index (χ4v) is 5.25. The lowest BCUT2D eigenvalue weighted by molar-refractivity contribution is -0.131. The number of hydrogen-bond acceptors (Lipinski definition) is 3. The number of allylic oxidation sites excluding steroid dienone is 2. The number of aliphatic hydroxyl groups excluding tert-OH is 2. The number of aliphatic carboxylic acids is 1. The van der Waals surface area contributed by atoms with Crippen molar-refractivity contribution >= 4 is 5.97 Å². The van der Waals surface area contributed by atoms with Gasteiger partial charge in [0.15, 0.2) is 0 Å². The monoisotopic (exact) mass is 336 g/mol. The molecule has 0 aliphatic heterocycles. The van der Waals surface area contributed by atoms with E-state index in [1.165, 1.54) is 6.08 Å². The highest BCUT2D eigenvalue weighted by Crippen LogP contribution is 2.61. The van der Waals surface area contributed by atoms with Crippen LogP contribution in [0.1, 0.15) is 59.3 Å². The van der Waals surface area contributed by atoms with Crippen LogP contribution in [0, 0.1) is 22.7 Å². The van der Waals surface area contributed by atoms with E-state index in [0.717, 1.165) is 49.7 Å². The van der Waals surface area contributed by atoms with E-state index in [1.807, 2.05) is 6.92 Å². The van der Waals surface area contributed by atoms with Crippen LogP contribution in [0.25, 0.3) is 0 Å². The summed E-state index contributed by atoms with van der Waals surface area (Å²) in [5.41, 5.74) is 1.66. The lowest BCUT2D eigenvalue weighted by atomic mass is 9.46. The summed E-state index contributed by atoms with van der Waals surface area (Å²) in [4.78, 5) is 10.9. The van der Waals surface area contributed by atoms with E-state index < -0.39 is 5.97 Å². The van der Waals surface area contributed by atoms with Crippen LogP contribution in [0.3, 0.4) is 0 Å². The van der Waals surface area contributed by atoms with Crippen LogP contribution >= 0.6 is 0 Å². The van der Waals surface area contributed by atoms with Gasteiger partial charge in [0.1, 0.15) is 0 Å². The second-order valence-electron chi connectivity index (χ2n) is 8.11. The van der Waals surface area contributed by atoms with E-state index in [2.05, 4.69) is 19.9 Å². The number of carbonyl (C=O) groups is 1. The largest absolute Gasteiger partial charge is 0.478 e. The smallest absolute Gasteiger partial charge is 0.328 e. The fourth-order valence-electron chi connectivity index (χ4n) is 5.25. The molecule has 0 spiro atoms. The molecule has 4 heteroatoms. The Balaban J connectivity index is 2.30. The molecule has 3 N–H and O–H groups in total. The molecule has 24 heavy (non-hydrogen) atoms. The van der Waals surface area contributed by atoms with Crippen LogP contribution in [0.15, 0.2) is 23.3 Å². The van der Waals surface area contributed by atoms with Crippen molar-refractivity contribution in [2.24, 2.45) is 22.7 Å². The van der Waals surface area contributed by atoms with Crippen molar-refractivity contribution in [1.82, 2.24) is 0 Å². The number of carboxylic acid groups (broad SMARTS) is 1.